The second-order valence-corrected chi connectivity index (χ2v) is 2.79. The van der Waals surface area contributed by atoms with E-state index in [1.165, 1.54) is 12.3 Å². The fourth-order valence-corrected chi connectivity index (χ4v) is 1.23. The number of rotatable bonds is 0. The van der Waals surface area contributed by atoms with Gasteiger partial charge in [-0.25, -0.2) is 8.78 Å². The first-order valence-electron chi connectivity index (χ1n) is 3.69. The molecule has 0 saturated heterocycles. The molecular formula is C9H7F2N. The molecule has 1 aromatic heterocycles. The molecule has 1 aromatic rings. The molecular weight excluding hydrogens is 160 g/mol. The molecule has 1 nitrogen and oxygen atoms in total. The highest BCUT2D eigenvalue weighted by atomic mass is 19.3. The lowest BCUT2D eigenvalue weighted by Gasteiger charge is -2.11. The summed E-state index contributed by atoms with van der Waals surface area (Å²) >= 11 is 0. The number of aromatic nitrogens is 1. The van der Waals surface area contributed by atoms with Gasteiger partial charge in [0.15, 0.2) is 0 Å². The van der Waals surface area contributed by atoms with E-state index < -0.39 is 5.92 Å². The van der Waals surface area contributed by atoms with Gasteiger partial charge in [-0.2, -0.15) is 0 Å². The SMILES string of the molecule is FC1(F)C=c2ncccc2=CC1. The summed E-state index contributed by atoms with van der Waals surface area (Å²) in [5, 5.41) is 1.18. The molecule has 12 heavy (non-hydrogen) atoms. The summed E-state index contributed by atoms with van der Waals surface area (Å²) in [6.45, 7) is 0. The lowest BCUT2D eigenvalue weighted by atomic mass is 10.1. The van der Waals surface area contributed by atoms with Gasteiger partial charge in [0.2, 0.25) is 0 Å². The van der Waals surface area contributed by atoms with Gasteiger partial charge >= 0.3 is 0 Å². The number of pyridine rings is 1. The molecule has 3 heteroatoms. The Morgan fingerprint density at radius 2 is 2.25 bits per heavy atom. The molecule has 0 spiro atoms. The molecule has 62 valence electrons. The van der Waals surface area contributed by atoms with Crippen LogP contribution in [0.2, 0.25) is 0 Å². The van der Waals surface area contributed by atoms with Gasteiger partial charge in [0.05, 0.1) is 5.35 Å². The Kier molecular flexibility index (Phi) is 1.46. The van der Waals surface area contributed by atoms with Gasteiger partial charge in [-0.1, -0.05) is 12.1 Å². The van der Waals surface area contributed by atoms with Crippen LogP contribution in [0.5, 0.6) is 0 Å². The summed E-state index contributed by atoms with van der Waals surface area (Å²) in [5.74, 6) is -2.72. The number of hydrogen-bond acceptors (Lipinski definition) is 1. The number of alkyl halides is 2. The van der Waals surface area contributed by atoms with Gasteiger partial charge in [-0.3, -0.25) is 4.98 Å². The maximum atomic E-state index is 12.8. The Hall–Kier alpha value is -1.25. The first-order chi connectivity index (χ1) is 5.67. The van der Waals surface area contributed by atoms with Gasteiger partial charge in [-0.15, -0.1) is 0 Å². The minimum Gasteiger partial charge on any atom is -0.256 e. The second-order valence-electron chi connectivity index (χ2n) is 2.79. The first kappa shape index (κ1) is 7.40. The van der Waals surface area contributed by atoms with Crippen LogP contribution in [0.3, 0.4) is 0 Å². The van der Waals surface area contributed by atoms with Crippen LogP contribution in [0, 0.1) is 0 Å². The molecule has 0 amide bonds. The summed E-state index contributed by atoms with van der Waals surface area (Å²) < 4.78 is 25.5. The Bertz CT molecular complexity index is 409. The topological polar surface area (TPSA) is 12.9 Å². The highest BCUT2D eigenvalue weighted by Gasteiger charge is 2.25. The van der Waals surface area contributed by atoms with E-state index in [0.29, 0.717) is 5.35 Å². The summed E-state index contributed by atoms with van der Waals surface area (Å²) in [7, 11) is 0. The average molecular weight is 167 g/mol. The van der Waals surface area contributed by atoms with Gasteiger partial charge in [0.1, 0.15) is 0 Å². The minimum atomic E-state index is -2.72. The Balaban J connectivity index is 2.72. The van der Waals surface area contributed by atoms with Crippen molar-refractivity contribution >= 4 is 12.2 Å². The van der Waals surface area contributed by atoms with Gasteiger partial charge in [-0.05, 0) is 11.3 Å². The van der Waals surface area contributed by atoms with Crippen LogP contribution in [0.1, 0.15) is 6.42 Å². The number of hydrogen-bond donors (Lipinski definition) is 0. The fourth-order valence-electron chi connectivity index (χ4n) is 1.23. The number of halogens is 2. The third-order valence-electron chi connectivity index (χ3n) is 1.81. The smallest absolute Gasteiger partial charge is 0.256 e. The third kappa shape index (κ3) is 1.22. The summed E-state index contributed by atoms with van der Waals surface area (Å²) in [6, 6.07) is 3.53. The predicted octanol–water partition coefficient (Wildman–Crippen LogP) is 0.682. The van der Waals surface area contributed by atoms with Crippen molar-refractivity contribution in [1.82, 2.24) is 4.98 Å². The minimum absolute atomic E-state index is 0.217. The summed E-state index contributed by atoms with van der Waals surface area (Å²) in [4.78, 5) is 3.85. The molecule has 0 saturated carbocycles. The van der Waals surface area contributed by atoms with Crippen molar-refractivity contribution in [1.29, 1.82) is 0 Å². The zero-order chi connectivity index (χ0) is 8.60. The van der Waals surface area contributed by atoms with Crippen molar-refractivity contribution in [3.63, 3.8) is 0 Å². The number of fused-ring (bicyclic) bond motifs is 1. The molecule has 0 aromatic carbocycles. The molecule has 0 fully saturated rings. The van der Waals surface area contributed by atoms with Crippen molar-refractivity contribution < 1.29 is 8.78 Å². The maximum absolute atomic E-state index is 12.8. The fraction of sp³-hybridized carbons (Fsp3) is 0.222. The molecule has 1 heterocycles. The van der Waals surface area contributed by atoms with Crippen LogP contribution in [0.4, 0.5) is 8.78 Å². The highest BCUT2D eigenvalue weighted by Crippen LogP contribution is 2.21. The van der Waals surface area contributed by atoms with Crippen LogP contribution in [-0.2, 0) is 0 Å². The van der Waals surface area contributed by atoms with Gasteiger partial charge < -0.3 is 0 Å². The van der Waals surface area contributed by atoms with E-state index in [2.05, 4.69) is 4.98 Å². The molecule has 0 N–H and O–H groups in total. The monoisotopic (exact) mass is 167 g/mol. The second kappa shape index (κ2) is 2.37. The zero-order valence-electron chi connectivity index (χ0n) is 6.30. The zero-order valence-corrected chi connectivity index (χ0v) is 6.30. The molecule has 1 aliphatic rings. The van der Waals surface area contributed by atoms with Crippen LogP contribution in [0.25, 0.3) is 12.2 Å². The molecule has 1 aliphatic carbocycles. The quantitative estimate of drug-likeness (QED) is 0.553. The van der Waals surface area contributed by atoms with E-state index in [0.717, 1.165) is 11.3 Å². The Morgan fingerprint density at radius 1 is 1.42 bits per heavy atom. The van der Waals surface area contributed by atoms with Gasteiger partial charge in [0, 0.05) is 18.7 Å². The Morgan fingerprint density at radius 3 is 3.08 bits per heavy atom. The summed E-state index contributed by atoms with van der Waals surface area (Å²) in [6.07, 6.45) is 3.74. The molecule has 0 radical (unpaired) electrons. The van der Waals surface area contributed by atoms with Crippen LogP contribution in [-0.4, -0.2) is 10.9 Å². The predicted molar refractivity (Wildman–Crippen MR) is 42.0 cm³/mol. The van der Waals surface area contributed by atoms with Crippen molar-refractivity contribution in [3.05, 3.63) is 28.9 Å². The molecule has 0 aliphatic heterocycles. The molecule has 0 unspecified atom stereocenters. The lowest BCUT2D eigenvalue weighted by molar-refractivity contribution is 0.0795. The lowest BCUT2D eigenvalue weighted by Crippen LogP contribution is -2.35. The third-order valence-corrected chi connectivity index (χ3v) is 1.81. The normalized spacial score (nSPS) is 18.8. The van der Waals surface area contributed by atoms with Crippen molar-refractivity contribution in [2.45, 2.75) is 12.3 Å². The maximum Gasteiger partial charge on any atom is 0.272 e. The molecule has 2 rings (SSSR count). The van der Waals surface area contributed by atoms with Crippen molar-refractivity contribution in [2.75, 3.05) is 0 Å². The van der Waals surface area contributed by atoms with E-state index in [9.17, 15) is 8.78 Å². The standard InChI is InChI=1S/C9H7F2N/c10-9(11)4-3-7-2-1-5-12-8(7)6-9/h1-3,5-6H,4H2. The van der Waals surface area contributed by atoms with Crippen LogP contribution in [0.15, 0.2) is 18.3 Å². The summed E-state index contributed by atoms with van der Waals surface area (Å²) in [5.41, 5.74) is 0. The molecule has 0 bridgehead atoms. The highest BCUT2D eigenvalue weighted by molar-refractivity contribution is 5.42. The van der Waals surface area contributed by atoms with Crippen LogP contribution >= 0.6 is 0 Å². The van der Waals surface area contributed by atoms with E-state index in [4.69, 9.17) is 0 Å². The van der Waals surface area contributed by atoms with Crippen molar-refractivity contribution in [3.8, 4) is 0 Å². The molecule has 0 atom stereocenters. The van der Waals surface area contributed by atoms with E-state index >= 15 is 0 Å². The van der Waals surface area contributed by atoms with Crippen molar-refractivity contribution in [2.24, 2.45) is 0 Å². The largest absolute Gasteiger partial charge is 0.272 e. The van der Waals surface area contributed by atoms with Gasteiger partial charge in [0.25, 0.3) is 5.92 Å². The van der Waals surface area contributed by atoms with E-state index in [1.54, 1.807) is 12.1 Å². The number of nitrogens with zero attached hydrogens (tertiary/aromatic N) is 1. The van der Waals surface area contributed by atoms with Crippen LogP contribution < -0.4 is 10.6 Å². The average Bonchev–Trinajstić information content (AvgIpc) is 2.02. The van der Waals surface area contributed by atoms with E-state index in [1.807, 2.05) is 0 Å². The first-order valence-corrected chi connectivity index (χ1v) is 3.69. The van der Waals surface area contributed by atoms with E-state index in [-0.39, 0.29) is 6.42 Å². The Labute approximate surface area is 68.1 Å².